The lowest BCUT2D eigenvalue weighted by molar-refractivity contribution is 0.259. The molecule has 160 valence electrons. The molecular formula is C24H22N6O2. The number of rotatable bonds is 4. The summed E-state index contributed by atoms with van der Waals surface area (Å²) in [6.45, 7) is 0. The van der Waals surface area contributed by atoms with Crippen LogP contribution >= 0.6 is 0 Å². The molecule has 3 heterocycles. The van der Waals surface area contributed by atoms with Crippen molar-refractivity contribution in [3.05, 3.63) is 76.9 Å². The van der Waals surface area contributed by atoms with Gasteiger partial charge in [-0.1, -0.05) is 42.5 Å². The first-order chi connectivity index (χ1) is 15.6. The van der Waals surface area contributed by atoms with Gasteiger partial charge in [-0.25, -0.2) is 9.78 Å². The smallest absolute Gasteiger partial charge is 0.317 e. The van der Waals surface area contributed by atoms with Gasteiger partial charge < -0.3 is 5.73 Å². The Hall–Kier alpha value is -4.20. The van der Waals surface area contributed by atoms with Crippen LogP contribution in [-0.4, -0.2) is 25.6 Å². The van der Waals surface area contributed by atoms with Gasteiger partial charge in [0, 0.05) is 29.1 Å². The summed E-state index contributed by atoms with van der Waals surface area (Å²) in [6, 6.07) is 12.5. The molecule has 0 spiro atoms. The number of carbonyl (C=O) groups is 1. The van der Waals surface area contributed by atoms with Crippen molar-refractivity contribution in [2.45, 2.75) is 25.7 Å². The predicted octanol–water partition coefficient (Wildman–Crippen LogP) is 4.20. The van der Waals surface area contributed by atoms with Crippen LogP contribution < -0.4 is 16.6 Å². The summed E-state index contributed by atoms with van der Waals surface area (Å²) in [6.07, 6.45) is 9.47. The van der Waals surface area contributed by atoms with Crippen molar-refractivity contribution in [1.82, 2.24) is 19.6 Å². The number of pyridine rings is 1. The van der Waals surface area contributed by atoms with Crippen LogP contribution in [0.1, 0.15) is 31.2 Å². The fourth-order valence-electron chi connectivity index (χ4n) is 4.23. The Labute approximate surface area is 183 Å². The number of hydrogen-bond acceptors (Lipinski definition) is 4. The highest BCUT2D eigenvalue weighted by Crippen LogP contribution is 2.36. The molecule has 0 unspecified atom stereocenters. The normalized spacial score (nSPS) is 13.7. The van der Waals surface area contributed by atoms with Crippen LogP contribution in [0.3, 0.4) is 0 Å². The standard InChI is InChI=1S/C24H22N6O2/c25-24(32)28-21-19(17-12-7-13-26-14-17)23(31)30-22(27-21)18(15-8-3-1-4-9-15)20(29-30)16-10-5-2-6-11-16/h2,5-8,10-14,29H,1,3-4,9H2,(H3,25,28,32). The van der Waals surface area contributed by atoms with Crippen LogP contribution in [0.5, 0.6) is 0 Å². The van der Waals surface area contributed by atoms with Crippen molar-refractivity contribution in [2.24, 2.45) is 5.73 Å². The van der Waals surface area contributed by atoms with E-state index in [0.29, 0.717) is 11.2 Å². The maximum atomic E-state index is 13.7. The van der Waals surface area contributed by atoms with Crippen molar-refractivity contribution in [3.8, 4) is 22.4 Å². The number of nitrogens with zero attached hydrogens (tertiary/aromatic N) is 3. The summed E-state index contributed by atoms with van der Waals surface area (Å²) in [7, 11) is 0. The number of nitrogens with one attached hydrogen (secondary N) is 2. The number of amides is 2. The molecule has 0 fully saturated rings. The number of hydrogen-bond donors (Lipinski definition) is 3. The van der Waals surface area contributed by atoms with E-state index < -0.39 is 6.03 Å². The molecule has 0 bridgehead atoms. The lowest BCUT2D eigenvalue weighted by Crippen LogP contribution is -2.25. The van der Waals surface area contributed by atoms with E-state index in [0.717, 1.165) is 48.1 Å². The number of aromatic nitrogens is 4. The quantitative estimate of drug-likeness (QED) is 0.453. The van der Waals surface area contributed by atoms with Crippen molar-refractivity contribution in [1.29, 1.82) is 0 Å². The lowest BCUT2D eigenvalue weighted by atomic mass is 9.92. The van der Waals surface area contributed by atoms with Crippen molar-refractivity contribution in [3.63, 3.8) is 0 Å². The summed E-state index contributed by atoms with van der Waals surface area (Å²) < 4.78 is 1.45. The molecule has 0 saturated carbocycles. The maximum Gasteiger partial charge on any atom is 0.317 e. The number of H-pyrrole nitrogens is 1. The van der Waals surface area contributed by atoms with Gasteiger partial charge in [0.05, 0.1) is 11.3 Å². The number of anilines is 1. The van der Waals surface area contributed by atoms with Gasteiger partial charge in [-0.2, -0.15) is 4.52 Å². The summed E-state index contributed by atoms with van der Waals surface area (Å²) >= 11 is 0. The van der Waals surface area contributed by atoms with E-state index in [9.17, 15) is 9.59 Å². The minimum atomic E-state index is -0.788. The van der Waals surface area contributed by atoms with E-state index in [2.05, 4.69) is 21.5 Å². The fourth-order valence-corrected chi connectivity index (χ4v) is 4.23. The third-order valence-corrected chi connectivity index (χ3v) is 5.65. The third-order valence-electron chi connectivity index (χ3n) is 5.65. The summed E-state index contributed by atoms with van der Waals surface area (Å²) in [5.41, 5.74) is 10.1. The second-order valence-electron chi connectivity index (χ2n) is 7.73. The number of aromatic amines is 1. The zero-order valence-corrected chi connectivity index (χ0v) is 17.3. The summed E-state index contributed by atoms with van der Waals surface area (Å²) in [5.74, 6) is 0.117. The van der Waals surface area contributed by atoms with Gasteiger partial charge in [-0.15, -0.1) is 0 Å². The number of primary amides is 1. The summed E-state index contributed by atoms with van der Waals surface area (Å²) in [4.78, 5) is 34.2. The molecule has 4 N–H and O–H groups in total. The Morgan fingerprint density at radius 2 is 1.88 bits per heavy atom. The highest BCUT2D eigenvalue weighted by molar-refractivity contribution is 5.94. The molecule has 32 heavy (non-hydrogen) atoms. The van der Waals surface area contributed by atoms with E-state index in [-0.39, 0.29) is 16.9 Å². The molecule has 8 nitrogen and oxygen atoms in total. The van der Waals surface area contributed by atoms with Gasteiger partial charge in [-0.05, 0) is 37.3 Å². The number of benzene rings is 1. The van der Waals surface area contributed by atoms with Crippen LogP contribution in [0, 0.1) is 0 Å². The lowest BCUT2D eigenvalue weighted by Gasteiger charge is -2.14. The van der Waals surface area contributed by atoms with E-state index in [1.165, 1.54) is 4.52 Å². The molecule has 8 heteroatoms. The van der Waals surface area contributed by atoms with Gasteiger partial charge in [-0.3, -0.25) is 20.2 Å². The molecule has 1 aliphatic carbocycles. The Kier molecular flexibility index (Phi) is 5.03. The van der Waals surface area contributed by atoms with Gasteiger partial charge >= 0.3 is 6.03 Å². The van der Waals surface area contributed by atoms with Crippen LogP contribution in [0.4, 0.5) is 10.6 Å². The number of allylic oxidation sites excluding steroid dienone is 2. The van der Waals surface area contributed by atoms with Gasteiger partial charge in [0.1, 0.15) is 5.82 Å². The van der Waals surface area contributed by atoms with E-state index >= 15 is 0 Å². The first-order valence-electron chi connectivity index (χ1n) is 10.5. The average molecular weight is 426 g/mol. The van der Waals surface area contributed by atoms with Crippen molar-refractivity contribution in [2.75, 3.05) is 5.32 Å². The minimum Gasteiger partial charge on any atom is -0.351 e. The van der Waals surface area contributed by atoms with E-state index in [1.54, 1.807) is 24.5 Å². The monoisotopic (exact) mass is 426 g/mol. The van der Waals surface area contributed by atoms with Crippen LogP contribution in [-0.2, 0) is 0 Å². The van der Waals surface area contributed by atoms with Gasteiger partial charge in [0.15, 0.2) is 5.65 Å². The largest absolute Gasteiger partial charge is 0.351 e. The molecular weight excluding hydrogens is 404 g/mol. The van der Waals surface area contributed by atoms with Gasteiger partial charge in [0.2, 0.25) is 0 Å². The number of nitrogens with two attached hydrogens (primary N) is 1. The molecule has 1 aromatic carbocycles. The molecule has 2 amide bonds. The minimum absolute atomic E-state index is 0.117. The van der Waals surface area contributed by atoms with Crippen LogP contribution in [0.15, 0.2) is 65.7 Å². The highest BCUT2D eigenvalue weighted by atomic mass is 16.2. The van der Waals surface area contributed by atoms with E-state index in [1.807, 2.05) is 30.3 Å². The SMILES string of the molecule is NC(=O)Nc1nc2c(C3=CCCCC3)c(-c3ccccc3)[nH]n2c(=O)c1-c1cccnc1. The fraction of sp³-hybridized carbons (Fsp3) is 0.167. The molecule has 0 aliphatic heterocycles. The Morgan fingerprint density at radius 1 is 1.06 bits per heavy atom. The summed E-state index contributed by atoms with van der Waals surface area (Å²) in [5, 5.41) is 5.81. The molecule has 0 saturated heterocycles. The maximum absolute atomic E-state index is 13.7. The molecule has 0 radical (unpaired) electrons. The molecule has 4 aromatic rings. The second kappa shape index (κ2) is 8.14. The van der Waals surface area contributed by atoms with Gasteiger partial charge in [0.25, 0.3) is 5.56 Å². The van der Waals surface area contributed by atoms with Crippen molar-refractivity contribution < 1.29 is 4.79 Å². The van der Waals surface area contributed by atoms with Crippen LogP contribution in [0.2, 0.25) is 0 Å². The van der Waals surface area contributed by atoms with E-state index in [4.69, 9.17) is 10.7 Å². The number of carbonyl (C=O) groups excluding carboxylic acids is 1. The zero-order valence-electron chi connectivity index (χ0n) is 17.3. The van der Waals surface area contributed by atoms with Crippen molar-refractivity contribution >= 4 is 23.1 Å². The molecule has 5 rings (SSSR count). The average Bonchev–Trinajstić information content (AvgIpc) is 3.20. The Balaban J connectivity index is 1.86. The first kappa shape index (κ1) is 19.7. The molecule has 1 aliphatic rings. The number of fused-ring (bicyclic) bond motifs is 1. The zero-order chi connectivity index (χ0) is 22.1. The Morgan fingerprint density at radius 3 is 2.56 bits per heavy atom. The Bertz CT molecular complexity index is 1390. The predicted molar refractivity (Wildman–Crippen MR) is 124 cm³/mol. The third kappa shape index (κ3) is 3.45. The molecule has 3 aromatic heterocycles. The molecule has 0 atom stereocenters. The topological polar surface area (TPSA) is 118 Å². The highest BCUT2D eigenvalue weighted by Gasteiger charge is 2.24. The second-order valence-corrected chi connectivity index (χ2v) is 7.73. The van der Waals surface area contributed by atoms with Crippen LogP contribution in [0.25, 0.3) is 33.6 Å². The first-order valence-corrected chi connectivity index (χ1v) is 10.5. The number of urea groups is 1.